The predicted molar refractivity (Wildman–Crippen MR) is 154 cm³/mol. The number of rotatable bonds is 7. The molecule has 0 radical (unpaired) electrons. The van der Waals surface area contributed by atoms with Crippen LogP contribution < -0.4 is 4.90 Å². The van der Waals surface area contributed by atoms with E-state index in [2.05, 4.69) is 106 Å². The minimum absolute atomic E-state index is 0. The minimum atomic E-state index is -0.422. The van der Waals surface area contributed by atoms with E-state index < -0.39 is 5.54 Å². The van der Waals surface area contributed by atoms with Crippen LogP contribution in [0.5, 0.6) is 0 Å². The normalized spacial score (nSPS) is 17.5. The molecule has 5 rings (SSSR count). The fourth-order valence-electron chi connectivity index (χ4n) is 5.70. The fourth-order valence-corrected chi connectivity index (χ4v) is 5.70. The highest BCUT2D eigenvalue weighted by atomic mass is 35.5. The monoisotopic (exact) mass is 528 g/mol. The van der Waals surface area contributed by atoms with Crippen molar-refractivity contribution in [3.63, 3.8) is 0 Å². The first-order chi connectivity index (χ1) is 16.6. The van der Waals surface area contributed by atoms with E-state index in [1.54, 1.807) is 0 Å². The number of likely N-dealkylation sites (tertiary alicyclic amines) is 1. The van der Waals surface area contributed by atoms with Crippen molar-refractivity contribution in [3.8, 4) is 0 Å². The van der Waals surface area contributed by atoms with Crippen molar-refractivity contribution >= 4 is 47.2 Å². The molecule has 0 atom stereocenters. The second-order valence-electron chi connectivity index (χ2n) is 10.1. The number of benzene rings is 3. The van der Waals surface area contributed by atoms with E-state index in [-0.39, 0.29) is 24.8 Å². The molecule has 0 N–H and O–H groups in total. The van der Waals surface area contributed by atoms with Gasteiger partial charge in [-0.3, -0.25) is 9.69 Å². The largest absolute Gasteiger partial charge is 0.339 e. The first-order valence-electron chi connectivity index (χ1n) is 12.5. The van der Waals surface area contributed by atoms with Gasteiger partial charge in [-0.05, 0) is 68.4 Å². The number of carbonyl (C=O) groups is 1. The van der Waals surface area contributed by atoms with Gasteiger partial charge in [0, 0.05) is 31.9 Å². The Morgan fingerprint density at radius 3 is 2.25 bits per heavy atom. The highest BCUT2D eigenvalue weighted by molar-refractivity contribution is 5.93. The topological polar surface area (TPSA) is 30.0 Å². The van der Waals surface area contributed by atoms with Gasteiger partial charge in [0.05, 0.1) is 6.67 Å². The molecular formula is C29H38Cl2N4O. The Labute approximate surface area is 227 Å². The third-order valence-electron chi connectivity index (χ3n) is 7.57. The number of para-hydroxylation sites is 1. The van der Waals surface area contributed by atoms with Gasteiger partial charge in [0.2, 0.25) is 5.91 Å². The SMILES string of the molecule is CN(C)CCCN1CN(c2ccccc2)C2(CCN(Cc3cccc4ccccc34)CC2)C1=O.Cl.Cl. The first-order valence-corrected chi connectivity index (χ1v) is 12.5. The van der Waals surface area contributed by atoms with E-state index in [4.69, 9.17) is 0 Å². The molecular weight excluding hydrogens is 491 g/mol. The molecule has 0 aliphatic carbocycles. The molecule has 0 bridgehead atoms. The Morgan fingerprint density at radius 2 is 1.53 bits per heavy atom. The van der Waals surface area contributed by atoms with Gasteiger partial charge in [0.1, 0.15) is 5.54 Å². The number of anilines is 1. The first kappa shape index (κ1) is 28.3. The van der Waals surface area contributed by atoms with Crippen LogP contribution in [0.25, 0.3) is 10.8 Å². The summed E-state index contributed by atoms with van der Waals surface area (Å²) in [6.07, 6.45) is 2.75. The van der Waals surface area contributed by atoms with Crippen LogP contribution in [0.3, 0.4) is 0 Å². The van der Waals surface area contributed by atoms with Crippen molar-refractivity contribution in [2.24, 2.45) is 0 Å². The molecule has 194 valence electrons. The molecule has 0 saturated carbocycles. The molecule has 0 unspecified atom stereocenters. The van der Waals surface area contributed by atoms with Crippen LogP contribution in [0, 0.1) is 0 Å². The van der Waals surface area contributed by atoms with Crippen LogP contribution >= 0.6 is 24.8 Å². The summed E-state index contributed by atoms with van der Waals surface area (Å²) in [6, 6.07) is 25.7. The molecule has 3 aromatic rings. The number of hydrogen-bond acceptors (Lipinski definition) is 4. The number of fused-ring (bicyclic) bond motifs is 1. The molecule has 36 heavy (non-hydrogen) atoms. The second kappa shape index (κ2) is 12.3. The van der Waals surface area contributed by atoms with Gasteiger partial charge in [-0.2, -0.15) is 0 Å². The zero-order valence-corrected chi connectivity index (χ0v) is 22.9. The summed E-state index contributed by atoms with van der Waals surface area (Å²) >= 11 is 0. The van der Waals surface area contributed by atoms with Crippen molar-refractivity contribution in [2.75, 3.05) is 51.8 Å². The Balaban J connectivity index is 0.00000180. The van der Waals surface area contributed by atoms with Crippen molar-refractivity contribution in [3.05, 3.63) is 78.4 Å². The number of halogens is 2. The predicted octanol–water partition coefficient (Wildman–Crippen LogP) is 5.28. The van der Waals surface area contributed by atoms with Gasteiger partial charge >= 0.3 is 0 Å². The lowest BCUT2D eigenvalue weighted by atomic mass is 9.85. The number of carbonyl (C=O) groups excluding carboxylic acids is 1. The highest BCUT2D eigenvalue weighted by Gasteiger charge is 2.53. The van der Waals surface area contributed by atoms with Crippen molar-refractivity contribution in [1.82, 2.24) is 14.7 Å². The van der Waals surface area contributed by atoms with E-state index >= 15 is 0 Å². The van der Waals surface area contributed by atoms with E-state index in [0.29, 0.717) is 12.6 Å². The average Bonchev–Trinajstić information content (AvgIpc) is 3.12. The second-order valence-corrected chi connectivity index (χ2v) is 10.1. The molecule has 2 heterocycles. The van der Waals surface area contributed by atoms with Crippen molar-refractivity contribution < 1.29 is 4.79 Å². The van der Waals surface area contributed by atoms with Gasteiger partial charge in [-0.1, -0.05) is 60.7 Å². The molecule has 0 aromatic heterocycles. The van der Waals surface area contributed by atoms with Crippen LogP contribution in [0.15, 0.2) is 72.8 Å². The van der Waals surface area contributed by atoms with Crippen molar-refractivity contribution in [1.29, 1.82) is 0 Å². The van der Waals surface area contributed by atoms with Gasteiger partial charge < -0.3 is 14.7 Å². The van der Waals surface area contributed by atoms with E-state index in [1.807, 2.05) is 0 Å². The maximum absolute atomic E-state index is 13.8. The molecule has 1 spiro atoms. The molecule has 2 saturated heterocycles. The molecule has 7 heteroatoms. The maximum Gasteiger partial charge on any atom is 0.250 e. The summed E-state index contributed by atoms with van der Waals surface area (Å²) in [5, 5.41) is 2.63. The zero-order chi connectivity index (χ0) is 23.5. The summed E-state index contributed by atoms with van der Waals surface area (Å²) in [6.45, 7) is 5.32. The average molecular weight is 530 g/mol. The zero-order valence-electron chi connectivity index (χ0n) is 21.3. The molecule has 3 aromatic carbocycles. The maximum atomic E-state index is 13.8. The molecule has 1 amide bonds. The van der Waals surface area contributed by atoms with Crippen LogP contribution in [-0.4, -0.2) is 73.1 Å². The van der Waals surface area contributed by atoms with E-state index in [9.17, 15) is 4.79 Å². The summed E-state index contributed by atoms with van der Waals surface area (Å²) in [5.74, 6) is 0.319. The smallest absolute Gasteiger partial charge is 0.250 e. The Bertz CT molecular complexity index is 1130. The van der Waals surface area contributed by atoms with E-state index in [1.165, 1.54) is 16.3 Å². The van der Waals surface area contributed by atoms with Crippen LogP contribution in [0.1, 0.15) is 24.8 Å². The number of amides is 1. The molecule has 2 fully saturated rings. The Hall–Kier alpha value is -2.31. The van der Waals surface area contributed by atoms with Gasteiger partial charge in [-0.15, -0.1) is 24.8 Å². The van der Waals surface area contributed by atoms with Gasteiger partial charge in [-0.25, -0.2) is 0 Å². The fraction of sp³-hybridized carbons (Fsp3) is 0.414. The lowest BCUT2D eigenvalue weighted by molar-refractivity contribution is -0.133. The third-order valence-corrected chi connectivity index (χ3v) is 7.57. The summed E-state index contributed by atoms with van der Waals surface area (Å²) < 4.78 is 0. The number of nitrogens with zero attached hydrogens (tertiary/aromatic N) is 4. The minimum Gasteiger partial charge on any atom is -0.339 e. The van der Waals surface area contributed by atoms with Crippen LogP contribution in [0.2, 0.25) is 0 Å². The van der Waals surface area contributed by atoms with E-state index in [0.717, 1.165) is 57.7 Å². The number of piperidine rings is 1. The van der Waals surface area contributed by atoms with Crippen LogP contribution in [-0.2, 0) is 11.3 Å². The van der Waals surface area contributed by atoms with Gasteiger partial charge in [0.15, 0.2) is 0 Å². The number of hydrogen-bond donors (Lipinski definition) is 0. The Morgan fingerprint density at radius 1 is 0.861 bits per heavy atom. The Kier molecular flexibility index (Phi) is 9.65. The molecule has 2 aliphatic rings. The highest BCUT2D eigenvalue weighted by Crippen LogP contribution is 2.40. The summed E-state index contributed by atoms with van der Waals surface area (Å²) in [5.41, 5.74) is 2.11. The lowest BCUT2D eigenvalue weighted by Crippen LogP contribution is -2.56. The molecule has 2 aliphatic heterocycles. The summed E-state index contributed by atoms with van der Waals surface area (Å²) in [4.78, 5) is 23.0. The van der Waals surface area contributed by atoms with Gasteiger partial charge in [0.25, 0.3) is 0 Å². The lowest BCUT2D eigenvalue weighted by Gasteiger charge is -2.43. The quantitative estimate of drug-likeness (QED) is 0.417. The summed E-state index contributed by atoms with van der Waals surface area (Å²) in [7, 11) is 4.18. The molecule has 5 nitrogen and oxygen atoms in total. The van der Waals surface area contributed by atoms with Crippen molar-refractivity contribution in [2.45, 2.75) is 31.3 Å². The van der Waals surface area contributed by atoms with Crippen LogP contribution in [0.4, 0.5) is 5.69 Å². The standard InChI is InChI=1S/C29H36N4O.2ClH/c1-30(2)18-9-19-32-23-33(26-13-4-3-5-14-26)29(28(32)34)16-20-31(21-17-29)22-25-12-8-11-24-10-6-7-15-27(24)25;;/h3-8,10-15H,9,16-23H2,1-2H3;2*1H. The third kappa shape index (κ3) is 5.65.